The Kier molecular flexibility index (Phi) is 9.34. The molecule has 33 heavy (non-hydrogen) atoms. The number of ether oxygens (including phenoxy) is 3. The molecular weight excluding hydrogens is 420 g/mol. The minimum atomic E-state index is -1.23. The average Bonchev–Trinajstić information content (AvgIpc) is 2.75. The van der Waals surface area contributed by atoms with E-state index in [0.29, 0.717) is 30.3 Å². The van der Waals surface area contributed by atoms with Gasteiger partial charge in [0, 0.05) is 6.92 Å². The van der Waals surface area contributed by atoms with Gasteiger partial charge in [-0.2, -0.15) is 0 Å². The molecule has 8 atom stereocenters. The summed E-state index contributed by atoms with van der Waals surface area (Å²) in [6.45, 7) is 12.5. The van der Waals surface area contributed by atoms with Crippen LogP contribution < -0.4 is 0 Å². The number of aliphatic hydroxyl groups excluding tert-OH is 2. The molecule has 1 saturated heterocycles. The van der Waals surface area contributed by atoms with E-state index in [9.17, 15) is 15.0 Å². The van der Waals surface area contributed by atoms with Crippen LogP contribution in [0.3, 0.4) is 0 Å². The molecule has 3 aliphatic rings. The Balaban J connectivity index is 1.73. The molecule has 0 radical (unpaired) electrons. The highest BCUT2D eigenvalue weighted by molar-refractivity contribution is 5.66. The van der Waals surface area contributed by atoms with Crippen molar-refractivity contribution in [2.75, 3.05) is 13.2 Å². The molecule has 1 saturated carbocycles. The Hall–Kier alpha value is -1.47. The van der Waals surface area contributed by atoms with Crippen LogP contribution >= 0.6 is 0 Å². The third kappa shape index (κ3) is 6.78. The Bertz CT molecular complexity index is 752. The lowest BCUT2D eigenvalue weighted by Crippen LogP contribution is -2.55. The summed E-state index contributed by atoms with van der Waals surface area (Å²) in [6.07, 6.45) is 6.92. The Labute approximate surface area is 198 Å². The maximum atomic E-state index is 11.4. The van der Waals surface area contributed by atoms with Crippen molar-refractivity contribution < 1.29 is 29.2 Å². The predicted octanol–water partition coefficient (Wildman–Crippen LogP) is 4.31. The third-order valence-corrected chi connectivity index (χ3v) is 7.51. The molecule has 2 fully saturated rings. The number of fused-ring (bicyclic) bond motifs is 1. The molecule has 0 unspecified atom stereocenters. The number of carbonyl (C=O) groups is 1. The highest BCUT2D eigenvalue weighted by Gasteiger charge is 2.43. The highest BCUT2D eigenvalue weighted by Crippen LogP contribution is 2.48. The molecule has 0 aromatic heterocycles. The van der Waals surface area contributed by atoms with Gasteiger partial charge in [-0.05, 0) is 83.0 Å². The number of hydrogen-bond donors (Lipinski definition) is 2. The lowest BCUT2D eigenvalue weighted by Gasteiger charge is -2.45. The van der Waals surface area contributed by atoms with Gasteiger partial charge in [0.25, 0.3) is 0 Å². The largest absolute Gasteiger partial charge is 0.457 e. The van der Waals surface area contributed by atoms with Crippen molar-refractivity contribution in [2.45, 2.75) is 90.8 Å². The Morgan fingerprint density at radius 1 is 1.27 bits per heavy atom. The third-order valence-electron chi connectivity index (χ3n) is 7.51. The van der Waals surface area contributed by atoms with Crippen molar-refractivity contribution in [2.24, 2.45) is 23.7 Å². The molecule has 2 N–H and O–H groups in total. The number of aliphatic hydroxyl groups is 2. The molecule has 6 heteroatoms. The van der Waals surface area contributed by atoms with E-state index in [2.05, 4.69) is 39.5 Å². The zero-order chi connectivity index (χ0) is 24.1. The summed E-state index contributed by atoms with van der Waals surface area (Å²) in [5.41, 5.74) is 4.15. The summed E-state index contributed by atoms with van der Waals surface area (Å²) in [5.74, 6) is 1.26. The number of carbonyl (C=O) groups excluding carboxylic acids is 1. The van der Waals surface area contributed by atoms with E-state index in [1.165, 1.54) is 30.1 Å². The SMILES string of the molecule is C=C1CC[C@@H]([C@H](CCC=C(C)C)CO[C@H]2OC[C@H](O)[C@@H](OC(C)=O)[C@@H]2O)[C@@H]2C=C(C)CC[C@H]12. The summed E-state index contributed by atoms with van der Waals surface area (Å²) < 4.78 is 16.8. The topological polar surface area (TPSA) is 85.2 Å². The van der Waals surface area contributed by atoms with E-state index in [4.69, 9.17) is 14.2 Å². The summed E-state index contributed by atoms with van der Waals surface area (Å²) >= 11 is 0. The zero-order valence-electron chi connectivity index (χ0n) is 20.7. The van der Waals surface area contributed by atoms with Crippen molar-refractivity contribution in [3.63, 3.8) is 0 Å². The van der Waals surface area contributed by atoms with Gasteiger partial charge in [-0.1, -0.05) is 35.5 Å². The summed E-state index contributed by atoms with van der Waals surface area (Å²) in [4.78, 5) is 11.4. The van der Waals surface area contributed by atoms with Crippen LogP contribution in [-0.4, -0.2) is 54.0 Å². The minimum Gasteiger partial charge on any atom is -0.457 e. The molecule has 6 nitrogen and oxygen atoms in total. The minimum absolute atomic E-state index is 0.0437. The van der Waals surface area contributed by atoms with Crippen LogP contribution in [-0.2, 0) is 19.0 Å². The fourth-order valence-corrected chi connectivity index (χ4v) is 5.76. The number of allylic oxidation sites excluding steroid dienone is 5. The van der Waals surface area contributed by atoms with Gasteiger partial charge in [0.2, 0.25) is 0 Å². The second kappa shape index (κ2) is 11.8. The zero-order valence-corrected chi connectivity index (χ0v) is 20.7. The van der Waals surface area contributed by atoms with Crippen LogP contribution in [0, 0.1) is 23.7 Å². The van der Waals surface area contributed by atoms with Crippen LogP contribution in [0.2, 0.25) is 0 Å². The van der Waals surface area contributed by atoms with Crippen molar-refractivity contribution >= 4 is 5.97 Å². The van der Waals surface area contributed by atoms with E-state index >= 15 is 0 Å². The molecule has 2 aliphatic carbocycles. The molecule has 0 bridgehead atoms. The second-order valence-corrected chi connectivity index (χ2v) is 10.4. The van der Waals surface area contributed by atoms with Crippen LogP contribution in [0.1, 0.15) is 66.2 Å². The maximum Gasteiger partial charge on any atom is 0.303 e. The Morgan fingerprint density at radius 3 is 2.73 bits per heavy atom. The van der Waals surface area contributed by atoms with Gasteiger partial charge in [0.1, 0.15) is 12.2 Å². The predicted molar refractivity (Wildman–Crippen MR) is 127 cm³/mol. The first kappa shape index (κ1) is 26.1. The van der Waals surface area contributed by atoms with Crippen molar-refractivity contribution in [1.82, 2.24) is 0 Å². The first-order chi connectivity index (χ1) is 15.7. The molecular formula is C27H42O6. The highest BCUT2D eigenvalue weighted by atomic mass is 16.7. The first-order valence-corrected chi connectivity index (χ1v) is 12.4. The van der Waals surface area contributed by atoms with E-state index in [-0.39, 0.29) is 6.61 Å². The lowest BCUT2D eigenvalue weighted by molar-refractivity contribution is -0.277. The maximum absolute atomic E-state index is 11.4. The molecule has 0 spiro atoms. The van der Waals surface area contributed by atoms with E-state index in [0.717, 1.165) is 32.1 Å². The van der Waals surface area contributed by atoms with Gasteiger partial charge >= 0.3 is 5.97 Å². The molecule has 3 rings (SSSR count). The van der Waals surface area contributed by atoms with E-state index in [1.807, 2.05) is 0 Å². The average molecular weight is 463 g/mol. The molecule has 186 valence electrons. The van der Waals surface area contributed by atoms with Crippen LogP contribution in [0.25, 0.3) is 0 Å². The van der Waals surface area contributed by atoms with Crippen molar-refractivity contribution in [1.29, 1.82) is 0 Å². The van der Waals surface area contributed by atoms with Gasteiger partial charge < -0.3 is 24.4 Å². The van der Waals surface area contributed by atoms with Gasteiger partial charge in [0.05, 0.1) is 13.2 Å². The molecule has 1 heterocycles. The van der Waals surface area contributed by atoms with Gasteiger partial charge in [0.15, 0.2) is 12.4 Å². The molecule has 0 aromatic carbocycles. The van der Waals surface area contributed by atoms with Gasteiger partial charge in [-0.15, -0.1) is 0 Å². The summed E-state index contributed by atoms with van der Waals surface area (Å²) in [5, 5.41) is 20.8. The van der Waals surface area contributed by atoms with Crippen LogP contribution in [0.15, 0.2) is 35.5 Å². The van der Waals surface area contributed by atoms with E-state index in [1.54, 1.807) is 0 Å². The van der Waals surface area contributed by atoms with Crippen LogP contribution in [0.5, 0.6) is 0 Å². The fraction of sp³-hybridized carbons (Fsp3) is 0.741. The number of rotatable bonds is 8. The van der Waals surface area contributed by atoms with E-state index < -0.39 is 30.6 Å². The quantitative estimate of drug-likeness (QED) is 0.413. The number of hydrogen-bond acceptors (Lipinski definition) is 6. The fourth-order valence-electron chi connectivity index (χ4n) is 5.76. The lowest BCUT2D eigenvalue weighted by atomic mass is 9.61. The molecule has 1 aliphatic heterocycles. The van der Waals surface area contributed by atoms with Gasteiger partial charge in [-0.25, -0.2) is 0 Å². The monoisotopic (exact) mass is 462 g/mol. The smallest absolute Gasteiger partial charge is 0.303 e. The van der Waals surface area contributed by atoms with Crippen molar-refractivity contribution in [3.8, 4) is 0 Å². The van der Waals surface area contributed by atoms with Crippen LogP contribution in [0.4, 0.5) is 0 Å². The molecule has 0 aromatic rings. The Morgan fingerprint density at radius 2 is 2.03 bits per heavy atom. The number of esters is 1. The normalized spacial score (nSPS) is 35.3. The molecule has 0 amide bonds. The first-order valence-electron chi connectivity index (χ1n) is 12.4. The second-order valence-electron chi connectivity index (χ2n) is 10.4. The summed E-state index contributed by atoms with van der Waals surface area (Å²) in [7, 11) is 0. The standard InChI is InChI=1S/C27H42O6/c1-16(2)7-6-8-20(22-12-10-18(4)21-11-9-17(3)13-23(21)22)14-31-27-25(30)26(33-19(5)28)24(29)15-32-27/h7,13,20-27,29-30H,4,6,8-12,14-15H2,1-3,5H3/t20-,21-,22+,23-,24+,25+,26-,27+/m1/s1. The van der Waals surface area contributed by atoms with Gasteiger partial charge in [-0.3, -0.25) is 4.79 Å². The van der Waals surface area contributed by atoms with Crippen molar-refractivity contribution in [3.05, 3.63) is 35.5 Å². The summed E-state index contributed by atoms with van der Waals surface area (Å²) in [6, 6.07) is 0.